The summed E-state index contributed by atoms with van der Waals surface area (Å²) in [5.74, 6) is -1.39. The number of ketones is 1. The second kappa shape index (κ2) is 8.82. The second-order valence-corrected chi connectivity index (χ2v) is 8.87. The van der Waals surface area contributed by atoms with Crippen LogP contribution < -0.4 is 0 Å². The van der Waals surface area contributed by atoms with Gasteiger partial charge in [0.15, 0.2) is 5.78 Å². The fourth-order valence-corrected chi connectivity index (χ4v) is 5.03. The molecule has 4 rings (SSSR count). The van der Waals surface area contributed by atoms with Crippen molar-refractivity contribution in [2.24, 2.45) is 5.92 Å². The lowest BCUT2D eigenvalue weighted by atomic mass is 9.75. The van der Waals surface area contributed by atoms with E-state index >= 15 is 0 Å². The third kappa shape index (κ3) is 3.93. The van der Waals surface area contributed by atoms with Crippen LogP contribution in [0.25, 0.3) is 0 Å². The molecule has 166 valence electrons. The summed E-state index contributed by atoms with van der Waals surface area (Å²) < 4.78 is 0. The zero-order valence-corrected chi connectivity index (χ0v) is 18.5. The Bertz CT molecular complexity index is 1070. The number of Topliss-reactive ketones (excluding diaryl/α,β-unsaturated/α-hetero) is 1. The van der Waals surface area contributed by atoms with Crippen LogP contribution in [0.1, 0.15) is 41.6 Å². The summed E-state index contributed by atoms with van der Waals surface area (Å²) in [5, 5.41) is 0.347. The third-order valence-corrected chi connectivity index (χ3v) is 6.80. The minimum absolute atomic E-state index is 0.0386. The van der Waals surface area contributed by atoms with Crippen molar-refractivity contribution in [3.05, 3.63) is 64.9 Å². The molecule has 2 fully saturated rings. The van der Waals surface area contributed by atoms with E-state index in [1.54, 1.807) is 47.5 Å². The summed E-state index contributed by atoms with van der Waals surface area (Å²) in [6.45, 7) is 0.787. The minimum Gasteiger partial charge on any atom is -0.342 e. The number of nitrogens with zero attached hydrogens (tertiary/aromatic N) is 3. The first kappa shape index (κ1) is 22.1. The average Bonchev–Trinajstić information content (AvgIpc) is 3.03. The van der Waals surface area contributed by atoms with Crippen molar-refractivity contribution < 1.29 is 19.2 Å². The summed E-state index contributed by atoms with van der Waals surface area (Å²) in [4.78, 5) is 58.6. The van der Waals surface area contributed by atoms with Crippen molar-refractivity contribution in [2.75, 3.05) is 20.1 Å². The van der Waals surface area contributed by atoms with Crippen molar-refractivity contribution in [1.29, 1.82) is 0 Å². The van der Waals surface area contributed by atoms with Crippen LogP contribution in [0.5, 0.6) is 0 Å². The van der Waals surface area contributed by atoms with E-state index in [4.69, 9.17) is 11.6 Å². The lowest BCUT2D eigenvalue weighted by molar-refractivity contribution is -0.142. The Morgan fingerprint density at radius 2 is 1.97 bits per heavy atom. The minimum atomic E-state index is -1.33. The molecule has 8 heteroatoms. The number of pyridine rings is 1. The van der Waals surface area contributed by atoms with Gasteiger partial charge in [-0.25, -0.2) is 0 Å². The molecule has 32 heavy (non-hydrogen) atoms. The van der Waals surface area contributed by atoms with Gasteiger partial charge in [0.05, 0.1) is 5.41 Å². The van der Waals surface area contributed by atoms with E-state index in [9.17, 15) is 19.2 Å². The van der Waals surface area contributed by atoms with Gasteiger partial charge in [0, 0.05) is 61.9 Å². The molecule has 0 bridgehead atoms. The van der Waals surface area contributed by atoms with E-state index in [2.05, 4.69) is 4.98 Å². The summed E-state index contributed by atoms with van der Waals surface area (Å²) in [7, 11) is 1.43. The van der Waals surface area contributed by atoms with Crippen LogP contribution in [0.15, 0.2) is 48.8 Å². The van der Waals surface area contributed by atoms with E-state index < -0.39 is 11.3 Å². The highest BCUT2D eigenvalue weighted by molar-refractivity contribution is 6.32. The Hall–Kier alpha value is -3.06. The number of likely N-dealkylation sites (tertiary alicyclic amines) is 2. The maximum absolute atomic E-state index is 13.4. The summed E-state index contributed by atoms with van der Waals surface area (Å²) >= 11 is 6.40. The molecule has 2 saturated heterocycles. The highest BCUT2D eigenvalue weighted by Gasteiger charge is 2.53. The number of aromatic nitrogens is 1. The van der Waals surface area contributed by atoms with E-state index in [1.165, 1.54) is 13.2 Å². The molecule has 0 N–H and O–H groups in total. The molecule has 0 saturated carbocycles. The maximum Gasteiger partial charge on any atom is 0.240 e. The second-order valence-electron chi connectivity index (χ2n) is 8.46. The lowest BCUT2D eigenvalue weighted by Gasteiger charge is -2.35. The van der Waals surface area contributed by atoms with Gasteiger partial charge in [-0.15, -0.1) is 0 Å². The van der Waals surface area contributed by atoms with Crippen LogP contribution in [-0.4, -0.2) is 58.4 Å². The van der Waals surface area contributed by atoms with Gasteiger partial charge in [0.1, 0.15) is 0 Å². The molecular formula is C24H24ClN3O4. The number of amides is 3. The smallest absolute Gasteiger partial charge is 0.240 e. The molecule has 2 aliphatic rings. The standard InChI is InChI=1S/C24H24ClN3O4/c1-27-20(29)12-24(23(27)32,18-8-2-3-9-19(18)25)13-21(30)28-11-5-7-17(15-28)22(31)16-6-4-10-26-14-16/h2-4,6,8-10,14,17H,5,7,11-13,15H2,1H3/t17-,24-/m0/s1. The topological polar surface area (TPSA) is 87.7 Å². The predicted molar refractivity (Wildman–Crippen MR) is 118 cm³/mol. The van der Waals surface area contributed by atoms with Crippen LogP contribution in [0, 0.1) is 5.92 Å². The first-order valence-corrected chi connectivity index (χ1v) is 11.0. The molecule has 7 nitrogen and oxygen atoms in total. The molecule has 2 aliphatic heterocycles. The first-order valence-electron chi connectivity index (χ1n) is 10.6. The third-order valence-electron chi connectivity index (χ3n) is 6.47. The van der Waals surface area contributed by atoms with Crippen molar-refractivity contribution in [3.63, 3.8) is 0 Å². The van der Waals surface area contributed by atoms with Crippen LogP contribution in [0.2, 0.25) is 5.02 Å². The lowest BCUT2D eigenvalue weighted by Crippen LogP contribution is -2.47. The number of imide groups is 1. The normalized spacial score (nSPS) is 23.5. The number of rotatable bonds is 5. The largest absolute Gasteiger partial charge is 0.342 e. The van der Waals surface area contributed by atoms with Gasteiger partial charge in [-0.1, -0.05) is 29.8 Å². The quantitative estimate of drug-likeness (QED) is 0.513. The number of likely N-dealkylation sites (N-methyl/N-ethyl adjacent to an activating group) is 1. The van der Waals surface area contributed by atoms with Gasteiger partial charge in [-0.2, -0.15) is 0 Å². The Morgan fingerprint density at radius 3 is 2.62 bits per heavy atom. The Balaban J connectivity index is 1.58. The molecule has 0 spiro atoms. The summed E-state index contributed by atoms with van der Waals surface area (Å²) in [6.07, 6.45) is 4.25. The molecule has 3 amide bonds. The van der Waals surface area contributed by atoms with Crippen LogP contribution in [-0.2, 0) is 19.8 Å². The van der Waals surface area contributed by atoms with Crippen LogP contribution in [0.4, 0.5) is 0 Å². The zero-order valence-electron chi connectivity index (χ0n) is 17.8. The van der Waals surface area contributed by atoms with Crippen molar-refractivity contribution in [1.82, 2.24) is 14.8 Å². The van der Waals surface area contributed by atoms with E-state index in [1.807, 2.05) is 0 Å². The van der Waals surface area contributed by atoms with Gasteiger partial charge >= 0.3 is 0 Å². The van der Waals surface area contributed by atoms with Crippen LogP contribution in [0.3, 0.4) is 0 Å². The van der Waals surface area contributed by atoms with E-state index in [-0.39, 0.29) is 42.9 Å². The number of halogens is 1. The number of piperidine rings is 1. The summed E-state index contributed by atoms with van der Waals surface area (Å²) in [6, 6.07) is 10.3. The van der Waals surface area contributed by atoms with Gasteiger partial charge in [0.2, 0.25) is 17.7 Å². The maximum atomic E-state index is 13.4. The van der Waals surface area contributed by atoms with E-state index in [0.29, 0.717) is 35.5 Å². The number of carbonyl (C=O) groups is 4. The fraction of sp³-hybridized carbons (Fsp3) is 0.375. The molecule has 0 radical (unpaired) electrons. The highest BCUT2D eigenvalue weighted by Crippen LogP contribution is 2.43. The van der Waals surface area contributed by atoms with E-state index in [0.717, 1.165) is 4.90 Å². The Kier molecular flexibility index (Phi) is 6.11. The predicted octanol–water partition coefficient (Wildman–Crippen LogP) is 2.87. The Labute approximate surface area is 191 Å². The van der Waals surface area contributed by atoms with Crippen LogP contribution >= 0.6 is 11.6 Å². The number of carbonyl (C=O) groups excluding carboxylic acids is 4. The molecule has 1 aromatic carbocycles. The number of benzene rings is 1. The molecule has 0 aliphatic carbocycles. The SMILES string of the molecule is CN1C(=O)C[C@](CC(=O)N2CCC[C@H](C(=O)c3cccnc3)C2)(c2ccccc2Cl)C1=O. The molecular weight excluding hydrogens is 430 g/mol. The molecule has 2 aromatic rings. The van der Waals surface area contributed by atoms with Crippen molar-refractivity contribution in [2.45, 2.75) is 31.1 Å². The van der Waals surface area contributed by atoms with Crippen molar-refractivity contribution >= 4 is 35.1 Å². The molecule has 1 aromatic heterocycles. The fourth-order valence-electron chi connectivity index (χ4n) is 4.71. The number of hydrogen-bond acceptors (Lipinski definition) is 5. The van der Waals surface area contributed by atoms with Crippen molar-refractivity contribution in [3.8, 4) is 0 Å². The molecule has 0 unspecified atom stereocenters. The Morgan fingerprint density at radius 1 is 1.19 bits per heavy atom. The first-order chi connectivity index (χ1) is 15.3. The average molecular weight is 454 g/mol. The zero-order chi connectivity index (χ0) is 22.9. The monoisotopic (exact) mass is 453 g/mol. The molecule has 3 heterocycles. The highest BCUT2D eigenvalue weighted by atomic mass is 35.5. The summed E-state index contributed by atoms with van der Waals surface area (Å²) in [5.41, 5.74) is -0.322. The van der Waals surface area contributed by atoms with Gasteiger partial charge in [0.25, 0.3) is 0 Å². The molecule has 2 atom stereocenters. The van der Waals surface area contributed by atoms with Gasteiger partial charge < -0.3 is 4.90 Å². The van der Waals surface area contributed by atoms with Gasteiger partial charge in [-0.3, -0.25) is 29.1 Å². The van der Waals surface area contributed by atoms with Gasteiger partial charge in [-0.05, 0) is 36.6 Å². The number of hydrogen-bond donors (Lipinski definition) is 0.